The first kappa shape index (κ1) is 20.7. The normalized spacial score (nSPS) is 14.7. The van der Waals surface area contributed by atoms with Crippen molar-refractivity contribution in [2.45, 2.75) is 18.9 Å². The summed E-state index contributed by atoms with van der Waals surface area (Å²) in [6.07, 6.45) is 5.59. The minimum absolute atomic E-state index is 0.00664. The van der Waals surface area contributed by atoms with E-state index >= 15 is 0 Å². The van der Waals surface area contributed by atoms with E-state index in [-0.39, 0.29) is 12.1 Å². The molecule has 1 atom stereocenters. The molecule has 1 aliphatic rings. The maximum absolute atomic E-state index is 12.6. The number of furan rings is 1. The SMILES string of the molecule is COc1ccc(Oc2ncccc2NC(=O)NCC(c2ccco2)N2CCCC2)cc1. The van der Waals surface area contributed by atoms with Gasteiger partial charge in [-0.2, -0.15) is 0 Å². The molecule has 3 heterocycles. The number of aromatic nitrogens is 1. The van der Waals surface area contributed by atoms with E-state index in [4.69, 9.17) is 13.9 Å². The van der Waals surface area contributed by atoms with E-state index in [2.05, 4.69) is 20.5 Å². The van der Waals surface area contributed by atoms with Crippen molar-refractivity contribution in [2.75, 3.05) is 32.1 Å². The largest absolute Gasteiger partial charge is 0.497 e. The van der Waals surface area contributed by atoms with E-state index in [0.29, 0.717) is 23.9 Å². The Kier molecular flexibility index (Phi) is 6.68. The number of pyridine rings is 1. The maximum atomic E-state index is 12.6. The summed E-state index contributed by atoms with van der Waals surface area (Å²) in [7, 11) is 1.61. The van der Waals surface area contributed by atoms with Gasteiger partial charge in [-0.25, -0.2) is 9.78 Å². The zero-order chi connectivity index (χ0) is 21.5. The third-order valence-electron chi connectivity index (χ3n) is 5.20. The van der Waals surface area contributed by atoms with E-state index < -0.39 is 0 Å². The number of urea groups is 1. The van der Waals surface area contributed by atoms with Crippen LogP contribution in [0.4, 0.5) is 10.5 Å². The van der Waals surface area contributed by atoms with Crippen LogP contribution in [-0.4, -0.2) is 42.7 Å². The number of nitrogens with zero attached hydrogens (tertiary/aromatic N) is 2. The molecule has 8 heteroatoms. The van der Waals surface area contributed by atoms with E-state index in [0.717, 1.165) is 37.4 Å². The Bertz CT molecular complexity index is 970. The monoisotopic (exact) mass is 422 g/mol. The lowest BCUT2D eigenvalue weighted by atomic mass is 10.2. The minimum atomic E-state index is -0.330. The van der Waals surface area contributed by atoms with E-state index in [9.17, 15) is 4.79 Å². The van der Waals surface area contributed by atoms with Crippen molar-refractivity contribution in [1.29, 1.82) is 0 Å². The molecule has 3 aromatic rings. The molecule has 0 radical (unpaired) electrons. The molecule has 1 saturated heterocycles. The number of amides is 2. The Hall–Kier alpha value is -3.52. The van der Waals surface area contributed by atoms with Crippen molar-refractivity contribution in [2.24, 2.45) is 0 Å². The third kappa shape index (κ3) is 5.35. The second-order valence-electron chi connectivity index (χ2n) is 7.24. The quantitative estimate of drug-likeness (QED) is 0.558. The lowest BCUT2D eigenvalue weighted by molar-refractivity contribution is 0.206. The fourth-order valence-electron chi connectivity index (χ4n) is 3.62. The number of hydrogen-bond acceptors (Lipinski definition) is 6. The number of anilines is 1. The van der Waals surface area contributed by atoms with E-state index in [1.54, 1.807) is 56.0 Å². The molecule has 0 bridgehead atoms. The average Bonchev–Trinajstić information content (AvgIpc) is 3.51. The highest BCUT2D eigenvalue weighted by Gasteiger charge is 2.26. The van der Waals surface area contributed by atoms with Crippen LogP contribution in [-0.2, 0) is 0 Å². The molecule has 4 rings (SSSR count). The first-order chi connectivity index (χ1) is 15.2. The average molecular weight is 422 g/mol. The van der Waals surface area contributed by atoms with Gasteiger partial charge < -0.3 is 24.5 Å². The number of rotatable bonds is 8. The molecule has 2 amide bonds. The third-order valence-corrected chi connectivity index (χ3v) is 5.20. The van der Waals surface area contributed by atoms with Crippen LogP contribution < -0.4 is 20.1 Å². The summed E-state index contributed by atoms with van der Waals surface area (Å²) in [6.45, 7) is 2.43. The van der Waals surface area contributed by atoms with Gasteiger partial charge in [0.15, 0.2) is 0 Å². The van der Waals surface area contributed by atoms with Crippen molar-refractivity contribution in [3.8, 4) is 17.4 Å². The Balaban J connectivity index is 1.39. The summed E-state index contributed by atoms with van der Waals surface area (Å²) in [5, 5.41) is 5.78. The summed E-state index contributed by atoms with van der Waals surface area (Å²) in [4.78, 5) is 19.2. The number of methoxy groups -OCH3 is 1. The fourth-order valence-corrected chi connectivity index (χ4v) is 3.62. The zero-order valence-electron chi connectivity index (χ0n) is 17.4. The van der Waals surface area contributed by atoms with Crippen LogP contribution in [0.3, 0.4) is 0 Å². The maximum Gasteiger partial charge on any atom is 0.319 e. The van der Waals surface area contributed by atoms with Gasteiger partial charge in [-0.05, 0) is 74.5 Å². The van der Waals surface area contributed by atoms with Gasteiger partial charge >= 0.3 is 6.03 Å². The minimum Gasteiger partial charge on any atom is -0.497 e. The highest BCUT2D eigenvalue weighted by Crippen LogP contribution is 2.28. The Morgan fingerprint density at radius 2 is 1.90 bits per heavy atom. The molecule has 0 saturated carbocycles. The summed E-state index contributed by atoms with van der Waals surface area (Å²) in [5.41, 5.74) is 0.478. The first-order valence-corrected chi connectivity index (χ1v) is 10.3. The van der Waals surface area contributed by atoms with Crippen LogP contribution in [0.2, 0.25) is 0 Å². The molecule has 162 valence electrons. The number of ether oxygens (including phenoxy) is 2. The predicted octanol–water partition coefficient (Wildman–Crippen LogP) is 4.43. The molecule has 1 aromatic carbocycles. The van der Waals surface area contributed by atoms with Crippen molar-refractivity contribution in [1.82, 2.24) is 15.2 Å². The van der Waals surface area contributed by atoms with Crippen molar-refractivity contribution in [3.63, 3.8) is 0 Å². The summed E-state index contributed by atoms with van der Waals surface area (Å²) in [5.74, 6) is 2.49. The highest BCUT2D eigenvalue weighted by molar-refractivity contribution is 5.90. The number of hydrogen-bond donors (Lipinski definition) is 2. The smallest absolute Gasteiger partial charge is 0.319 e. The highest BCUT2D eigenvalue weighted by atomic mass is 16.5. The van der Waals surface area contributed by atoms with Crippen molar-refractivity contribution >= 4 is 11.7 Å². The van der Waals surface area contributed by atoms with Crippen LogP contribution in [0.15, 0.2) is 65.4 Å². The van der Waals surface area contributed by atoms with Crippen LogP contribution in [0.5, 0.6) is 17.4 Å². The number of carbonyl (C=O) groups excluding carboxylic acids is 1. The molecule has 1 aliphatic heterocycles. The standard InChI is InChI=1S/C23H26N4O4/c1-29-17-8-10-18(11-9-17)31-22-19(6-4-12-24-22)26-23(28)25-16-20(21-7-5-15-30-21)27-13-2-3-14-27/h4-12,15,20H,2-3,13-14,16H2,1H3,(H2,25,26,28). The summed E-state index contributed by atoms with van der Waals surface area (Å²) in [6, 6.07) is 14.1. The van der Waals surface area contributed by atoms with Gasteiger partial charge in [-0.15, -0.1) is 0 Å². The van der Waals surface area contributed by atoms with Crippen LogP contribution in [0.25, 0.3) is 0 Å². The second kappa shape index (κ2) is 9.99. The molecule has 2 N–H and O–H groups in total. The van der Waals surface area contributed by atoms with Crippen molar-refractivity contribution in [3.05, 3.63) is 66.8 Å². The van der Waals surface area contributed by atoms with Gasteiger partial charge in [-0.3, -0.25) is 4.90 Å². The molecule has 1 unspecified atom stereocenters. The van der Waals surface area contributed by atoms with Crippen LogP contribution >= 0.6 is 0 Å². The van der Waals surface area contributed by atoms with E-state index in [1.807, 2.05) is 12.1 Å². The molecular weight excluding hydrogens is 396 g/mol. The van der Waals surface area contributed by atoms with Gasteiger partial charge in [0.05, 0.1) is 19.4 Å². The fraction of sp³-hybridized carbons (Fsp3) is 0.304. The first-order valence-electron chi connectivity index (χ1n) is 10.3. The predicted molar refractivity (Wildman–Crippen MR) is 117 cm³/mol. The van der Waals surface area contributed by atoms with Gasteiger partial charge in [-0.1, -0.05) is 0 Å². The number of carbonyl (C=O) groups is 1. The van der Waals surface area contributed by atoms with Gasteiger partial charge in [0.1, 0.15) is 22.9 Å². The number of likely N-dealkylation sites (tertiary alicyclic amines) is 1. The summed E-state index contributed by atoms with van der Waals surface area (Å²) >= 11 is 0. The van der Waals surface area contributed by atoms with Crippen LogP contribution in [0, 0.1) is 0 Å². The van der Waals surface area contributed by atoms with Gasteiger partial charge in [0.2, 0.25) is 5.88 Å². The Morgan fingerprint density at radius 3 is 2.61 bits per heavy atom. The number of nitrogens with one attached hydrogen (secondary N) is 2. The number of benzene rings is 1. The van der Waals surface area contributed by atoms with Gasteiger partial charge in [0.25, 0.3) is 0 Å². The topological polar surface area (TPSA) is 88.9 Å². The molecule has 0 aliphatic carbocycles. The molecule has 0 spiro atoms. The van der Waals surface area contributed by atoms with Gasteiger partial charge in [0, 0.05) is 12.7 Å². The van der Waals surface area contributed by atoms with Crippen molar-refractivity contribution < 1.29 is 18.7 Å². The second-order valence-corrected chi connectivity index (χ2v) is 7.24. The molecule has 1 fully saturated rings. The lowest BCUT2D eigenvalue weighted by Gasteiger charge is -2.26. The molecule has 8 nitrogen and oxygen atoms in total. The van der Waals surface area contributed by atoms with Crippen LogP contribution in [0.1, 0.15) is 24.6 Å². The molecular formula is C23H26N4O4. The zero-order valence-corrected chi connectivity index (χ0v) is 17.4. The lowest BCUT2D eigenvalue weighted by Crippen LogP contribution is -2.38. The summed E-state index contributed by atoms with van der Waals surface area (Å²) < 4.78 is 16.6. The molecule has 31 heavy (non-hydrogen) atoms. The molecule has 2 aromatic heterocycles. The Labute approximate surface area is 181 Å². The Morgan fingerprint density at radius 1 is 1.13 bits per heavy atom. The van der Waals surface area contributed by atoms with E-state index in [1.165, 1.54) is 0 Å².